The van der Waals surface area contributed by atoms with Gasteiger partial charge in [0.05, 0.1) is 7.11 Å². The van der Waals surface area contributed by atoms with Gasteiger partial charge < -0.3 is 9.47 Å². The molecule has 4 heteroatoms. The zero-order chi connectivity index (χ0) is 13.0. The first kappa shape index (κ1) is 12.1. The first-order valence-electron chi connectivity index (χ1n) is 5.32. The Kier molecular flexibility index (Phi) is 3.57. The van der Waals surface area contributed by atoms with Gasteiger partial charge in [0.1, 0.15) is 11.3 Å². The molecule has 0 unspecified atom stereocenters. The van der Waals surface area contributed by atoms with E-state index in [9.17, 15) is 9.18 Å². The molecule has 0 atom stereocenters. The molecule has 2 rings (SSSR count). The van der Waals surface area contributed by atoms with E-state index in [1.165, 1.54) is 25.3 Å². The monoisotopic (exact) mass is 246 g/mol. The average Bonchev–Trinajstić information content (AvgIpc) is 2.41. The van der Waals surface area contributed by atoms with Crippen LogP contribution in [0.1, 0.15) is 10.4 Å². The zero-order valence-corrected chi connectivity index (χ0v) is 9.72. The molecule has 0 fully saturated rings. The molecule has 92 valence electrons. The Morgan fingerprint density at radius 2 is 1.78 bits per heavy atom. The van der Waals surface area contributed by atoms with Gasteiger partial charge in [-0.2, -0.15) is 0 Å². The highest BCUT2D eigenvalue weighted by Gasteiger charge is 2.17. The Bertz CT molecular complexity index is 552. The number of hydrogen-bond acceptors (Lipinski definition) is 3. The number of halogens is 1. The van der Waals surface area contributed by atoms with E-state index in [1.54, 1.807) is 24.3 Å². The molecule has 0 aliphatic heterocycles. The highest BCUT2D eigenvalue weighted by Crippen LogP contribution is 2.28. The lowest BCUT2D eigenvalue weighted by Crippen LogP contribution is -2.05. The lowest BCUT2D eigenvalue weighted by Gasteiger charge is -2.10. The number of carbonyl (C=O) groups excluding carboxylic acids is 1. The molecule has 0 saturated heterocycles. The third-order valence-corrected chi connectivity index (χ3v) is 2.34. The van der Waals surface area contributed by atoms with Crippen molar-refractivity contribution in [1.82, 2.24) is 0 Å². The Morgan fingerprint density at radius 1 is 1.06 bits per heavy atom. The highest BCUT2D eigenvalue weighted by molar-refractivity contribution is 5.92. The summed E-state index contributed by atoms with van der Waals surface area (Å²) in [5.74, 6) is -0.925. The minimum atomic E-state index is -0.638. The van der Waals surface area contributed by atoms with Crippen molar-refractivity contribution >= 4 is 5.97 Å². The van der Waals surface area contributed by atoms with Gasteiger partial charge in [-0.05, 0) is 24.3 Å². The maximum Gasteiger partial charge on any atom is 0.341 e. The quantitative estimate of drug-likeness (QED) is 0.778. The predicted molar refractivity (Wildman–Crippen MR) is 64.3 cm³/mol. The summed E-state index contributed by atoms with van der Waals surface area (Å²) in [5, 5.41) is 0. The van der Waals surface area contributed by atoms with Gasteiger partial charge in [-0.15, -0.1) is 0 Å². The molecule has 0 radical (unpaired) electrons. The number of ether oxygens (including phenoxy) is 2. The normalized spacial score (nSPS) is 9.89. The summed E-state index contributed by atoms with van der Waals surface area (Å²) in [7, 11) is 1.24. The fraction of sp³-hybridized carbons (Fsp3) is 0.0714. The van der Waals surface area contributed by atoms with Crippen molar-refractivity contribution in [2.24, 2.45) is 0 Å². The molecular formula is C14H11FO3. The molecular weight excluding hydrogens is 235 g/mol. The van der Waals surface area contributed by atoms with Gasteiger partial charge in [-0.1, -0.05) is 24.3 Å². The Balaban J connectivity index is 2.40. The second-order valence-electron chi connectivity index (χ2n) is 3.52. The van der Waals surface area contributed by atoms with Crippen LogP contribution in [0.5, 0.6) is 11.5 Å². The van der Waals surface area contributed by atoms with Crippen molar-refractivity contribution in [2.75, 3.05) is 7.11 Å². The molecule has 0 spiro atoms. The van der Waals surface area contributed by atoms with Gasteiger partial charge in [0, 0.05) is 0 Å². The fourth-order valence-electron chi connectivity index (χ4n) is 1.49. The molecule has 0 aliphatic carbocycles. The summed E-state index contributed by atoms with van der Waals surface area (Å²) in [5.41, 5.74) is 0.0568. The van der Waals surface area contributed by atoms with Crippen LogP contribution in [-0.4, -0.2) is 13.1 Å². The molecule has 0 N–H and O–H groups in total. The number of rotatable bonds is 3. The summed E-state index contributed by atoms with van der Waals surface area (Å²) in [6, 6.07) is 12.8. The van der Waals surface area contributed by atoms with Gasteiger partial charge in [0.2, 0.25) is 0 Å². The van der Waals surface area contributed by atoms with E-state index >= 15 is 0 Å². The molecule has 0 aliphatic rings. The Hall–Kier alpha value is -2.36. The van der Waals surface area contributed by atoms with E-state index in [0.717, 1.165) is 0 Å². The van der Waals surface area contributed by atoms with Gasteiger partial charge in [0.15, 0.2) is 11.6 Å². The molecule has 0 bridgehead atoms. The van der Waals surface area contributed by atoms with Crippen molar-refractivity contribution in [3.63, 3.8) is 0 Å². The molecule has 2 aromatic carbocycles. The van der Waals surface area contributed by atoms with Crippen LogP contribution < -0.4 is 4.74 Å². The molecule has 0 aromatic heterocycles. The molecule has 3 nitrogen and oxygen atoms in total. The fourth-order valence-corrected chi connectivity index (χ4v) is 1.49. The van der Waals surface area contributed by atoms with Crippen LogP contribution in [0.15, 0.2) is 48.5 Å². The van der Waals surface area contributed by atoms with Gasteiger partial charge in [-0.25, -0.2) is 9.18 Å². The van der Waals surface area contributed by atoms with Crippen molar-refractivity contribution in [1.29, 1.82) is 0 Å². The van der Waals surface area contributed by atoms with E-state index in [4.69, 9.17) is 4.74 Å². The number of methoxy groups -OCH3 is 1. The van der Waals surface area contributed by atoms with Crippen LogP contribution in [-0.2, 0) is 4.74 Å². The van der Waals surface area contributed by atoms with Crippen molar-refractivity contribution in [3.05, 3.63) is 59.9 Å². The number of esters is 1. The van der Waals surface area contributed by atoms with Crippen LogP contribution in [0, 0.1) is 5.82 Å². The van der Waals surface area contributed by atoms with Crippen molar-refractivity contribution in [2.45, 2.75) is 0 Å². The van der Waals surface area contributed by atoms with Gasteiger partial charge in [0.25, 0.3) is 0 Å². The number of para-hydroxylation sites is 2. The molecule has 0 saturated carbocycles. The van der Waals surface area contributed by atoms with Crippen LogP contribution >= 0.6 is 0 Å². The summed E-state index contributed by atoms with van der Waals surface area (Å²) < 4.78 is 23.7. The number of hydrogen-bond donors (Lipinski definition) is 0. The molecule has 0 amide bonds. The average molecular weight is 246 g/mol. The molecule has 18 heavy (non-hydrogen) atoms. The number of benzene rings is 2. The maximum absolute atomic E-state index is 13.7. The van der Waals surface area contributed by atoms with Crippen molar-refractivity contribution < 1.29 is 18.7 Å². The third-order valence-electron chi connectivity index (χ3n) is 2.34. The summed E-state index contributed by atoms with van der Waals surface area (Å²) in [4.78, 5) is 11.5. The summed E-state index contributed by atoms with van der Waals surface area (Å²) in [6.45, 7) is 0. The lowest BCUT2D eigenvalue weighted by atomic mass is 10.2. The van der Waals surface area contributed by atoms with Crippen LogP contribution in [0.4, 0.5) is 4.39 Å². The lowest BCUT2D eigenvalue weighted by molar-refractivity contribution is 0.0597. The van der Waals surface area contributed by atoms with E-state index in [0.29, 0.717) is 5.75 Å². The predicted octanol–water partition coefficient (Wildman–Crippen LogP) is 3.40. The minimum absolute atomic E-state index is 0.0568. The largest absolute Gasteiger partial charge is 0.465 e. The maximum atomic E-state index is 13.7. The highest BCUT2D eigenvalue weighted by atomic mass is 19.1. The van der Waals surface area contributed by atoms with Crippen LogP contribution in [0.25, 0.3) is 0 Å². The minimum Gasteiger partial charge on any atom is -0.465 e. The van der Waals surface area contributed by atoms with Gasteiger partial charge in [-0.3, -0.25) is 0 Å². The topological polar surface area (TPSA) is 35.5 Å². The third kappa shape index (κ3) is 2.48. The van der Waals surface area contributed by atoms with E-state index in [1.807, 2.05) is 6.07 Å². The first-order chi connectivity index (χ1) is 8.72. The van der Waals surface area contributed by atoms with E-state index in [-0.39, 0.29) is 11.3 Å². The Labute approximate surface area is 104 Å². The van der Waals surface area contributed by atoms with Gasteiger partial charge >= 0.3 is 5.97 Å². The number of carbonyl (C=O) groups is 1. The zero-order valence-electron chi connectivity index (χ0n) is 9.72. The second kappa shape index (κ2) is 5.31. The van der Waals surface area contributed by atoms with E-state index < -0.39 is 11.8 Å². The second-order valence-corrected chi connectivity index (χ2v) is 3.52. The molecule has 2 aromatic rings. The first-order valence-corrected chi connectivity index (χ1v) is 5.32. The van der Waals surface area contributed by atoms with Crippen molar-refractivity contribution in [3.8, 4) is 11.5 Å². The SMILES string of the molecule is COC(=O)c1cccc(F)c1Oc1ccccc1. The summed E-state index contributed by atoms with van der Waals surface area (Å²) >= 11 is 0. The summed E-state index contributed by atoms with van der Waals surface area (Å²) in [6.07, 6.45) is 0. The van der Waals surface area contributed by atoms with Crippen LogP contribution in [0.3, 0.4) is 0 Å². The standard InChI is InChI=1S/C14H11FO3/c1-17-14(16)11-8-5-9-12(15)13(11)18-10-6-3-2-4-7-10/h2-9H,1H3. The Morgan fingerprint density at radius 3 is 2.44 bits per heavy atom. The smallest absolute Gasteiger partial charge is 0.341 e. The van der Waals surface area contributed by atoms with E-state index in [2.05, 4.69) is 4.74 Å². The molecule has 0 heterocycles. The van der Waals surface area contributed by atoms with Crippen LogP contribution in [0.2, 0.25) is 0 Å².